The van der Waals surface area contributed by atoms with E-state index in [1.165, 1.54) is 18.5 Å². The van der Waals surface area contributed by atoms with Crippen LogP contribution in [0.2, 0.25) is 0 Å². The van der Waals surface area contributed by atoms with Crippen LogP contribution >= 0.6 is 0 Å². The highest BCUT2D eigenvalue weighted by Crippen LogP contribution is 2.22. The largest absolute Gasteiger partial charge is 0.484 e. The lowest BCUT2D eigenvalue weighted by Crippen LogP contribution is -2.50. The standard InChI is InChI=1S/C29H25FN4O3/c30-24-10-6-21(7-11-24)26-18-27(32-20-31-26)33-14-16-34(17-15-33)28(35)19-37-25-12-8-23(9-13-25)29(36)22-4-2-1-3-5-22/h1-13,18,20H,14-17,19H2. The van der Waals surface area contributed by atoms with Gasteiger partial charge in [-0.25, -0.2) is 14.4 Å². The monoisotopic (exact) mass is 496 g/mol. The van der Waals surface area contributed by atoms with Gasteiger partial charge in [-0.3, -0.25) is 9.59 Å². The number of hydrogen-bond donors (Lipinski definition) is 0. The SMILES string of the molecule is O=C(c1ccccc1)c1ccc(OCC(=O)N2CCN(c3cc(-c4ccc(F)cc4)ncn3)CC2)cc1. The van der Waals surface area contributed by atoms with Crippen LogP contribution in [0.1, 0.15) is 15.9 Å². The molecule has 0 aliphatic carbocycles. The molecular formula is C29H25FN4O3. The van der Waals surface area contributed by atoms with Gasteiger partial charge in [-0.1, -0.05) is 30.3 Å². The first kappa shape index (κ1) is 24.1. The van der Waals surface area contributed by atoms with Crippen molar-refractivity contribution in [2.45, 2.75) is 0 Å². The third-order valence-electron chi connectivity index (χ3n) is 6.26. The van der Waals surface area contributed by atoms with Gasteiger partial charge in [0.1, 0.15) is 23.7 Å². The van der Waals surface area contributed by atoms with Crippen LogP contribution in [-0.4, -0.2) is 59.3 Å². The molecule has 0 atom stereocenters. The fraction of sp³-hybridized carbons (Fsp3) is 0.172. The predicted molar refractivity (Wildman–Crippen MR) is 138 cm³/mol. The zero-order valence-corrected chi connectivity index (χ0v) is 20.1. The molecule has 1 aliphatic heterocycles. The number of benzene rings is 3. The summed E-state index contributed by atoms with van der Waals surface area (Å²) < 4.78 is 18.9. The molecule has 1 aliphatic rings. The summed E-state index contributed by atoms with van der Waals surface area (Å²) in [5, 5.41) is 0. The molecule has 186 valence electrons. The smallest absolute Gasteiger partial charge is 0.260 e. The molecule has 7 nitrogen and oxygen atoms in total. The van der Waals surface area contributed by atoms with Crippen molar-refractivity contribution in [3.8, 4) is 17.0 Å². The molecule has 0 radical (unpaired) electrons. The molecule has 0 saturated carbocycles. The van der Waals surface area contributed by atoms with Gasteiger partial charge in [-0.2, -0.15) is 0 Å². The number of carbonyl (C=O) groups excluding carboxylic acids is 2. The van der Waals surface area contributed by atoms with Crippen molar-refractivity contribution in [3.05, 3.63) is 108 Å². The first-order valence-electron chi connectivity index (χ1n) is 12.0. The Morgan fingerprint density at radius 3 is 2.19 bits per heavy atom. The van der Waals surface area contributed by atoms with E-state index >= 15 is 0 Å². The van der Waals surface area contributed by atoms with Crippen LogP contribution in [0.25, 0.3) is 11.3 Å². The second-order valence-electron chi connectivity index (χ2n) is 8.64. The van der Waals surface area contributed by atoms with Gasteiger partial charge in [-0.05, 0) is 48.5 Å². The van der Waals surface area contributed by atoms with Crippen molar-refractivity contribution in [2.75, 3.05) is 37.7 Å². The van der Waals surface area contributed by atoms with E-state index in [0.717, 1.165) is 11.4 Å². The van der Waals surface area contributed by atoms with Crippen LogP contribution in [0.5, 0.6) is 5.75 Å². The molecule has 1 saturated heterocycles. The van der Waals surface area contributed by atoms with E-state index in [1.807, 2.05) is 24.3 Å². The number of piperazine rings is 1. The Kier molecular flexibility index (Phi) is 7.16. The second kappa shape index (κ2) is 11.0. The quantitative estimate of drug-likeness (QED) is 0.356. The highest BCUT2D eigenvalue weighted by atomic mass is 19.1. The molecule has 4 aromatic rings. The Balaban J connectivity index is 1.12. The van der Waals surface area contributed by atoms with Crippen LogP contribution in [0.15, 0.2) is 91.3 Å². The minimum absolute atomic E-state index is 0.0606. The molecule has 3 aromatic carbocycles. The summed E-state index contributed by atoms with van der Waals surface area (Å²) in [5.41, 5.74) is 2.72. The summed E-state index contributed by atoms with van der Waals surface area (Å²) in [6.07, 6.45) is 1.50. The first-order valence-corrected chi connectivity index (χ1v) is 12.0. The zero-order valence-electron chi connectivity index (χ0n) is 20.1. The summed E-state index contributed by atoms with van der Waals surface area (Å²) in [7, 11) is 0. The number of carbonyl (C=O) groups is 2. The number of halogens is 1. The van der Waals surface area contributed by atoms with Crippen molar-refractivity contribution >= 4 is 17.5 Å². The fourth-order valence-electron chi connectivity index (χ4n) is 4.18. The van der Waals surface area contributed by atoms with E-state index in [2.05, 4.69) is 14.9 Å². The molecule has 2 heterocycles. The Bertz CT molecular complexity index is 1370. The molecule has 0 bridgehead atoms. The molecule has 1 fully saturated rings. The lowest BCUT2D eigenvalue weighted by atomic mass is 10.0. The predicted octanol–water partition coefficient (Wildman–Crippen LogP) is 4.24. The lowest BCUT2D eigenvalue weighted by molar-refractivity contribution is -0.133. The topological polar surface area (TPSA) is 75.6 Å². The zero-order chi connectivity index (χ0) is 25.6. The van der Waals surface area contributed by atoms with E-state index in [-0.39, 0.29) is 24.1 Å². The van der Waals surface area contributed by atoms with Gasteiger partial charge in [0.2, 0.25) is 0 Å². The minimum atomic E-state index is -0.294. The minimum Gasteiger partial charge on any atom is -0.484 e. The number of ether oxygens (including phenoxy) is 1. The summed E-state index contributed by atoms with van der Waals surface area (Å²) in [4.78, 5) is 37.8. The Morgan fingerprint density at radius 1 is 0.811 bits per heavy atom. The van der Waals surface area contributed by atoms with E-state index in [4.69, 9.17) is 4.74 Å². The summed E-state index contributed by atoms with van der Waals surface area (Å²) >= 11 is 0. The molecule has 0 unspecified atom stereocenters. The number of ketones is 1. The van der Waals surface area contributed by atoms with E-state index in [0.29, 0.717) is 48.7 Å². The molecule has 8 heteroatoms. The van der Waals surface area contributed by atoms with E-state index in [1.54, 1.807) is 53.4 Å². The maximum atomic E-state index is 13.2. The van der Waals surface area contributed by atoms with Crippen LogP contribution in [0, 0.1) is 5.82 Å². The highest BCUT2D eigenvalue weighted by Gasteiger charge is 2.22. The third kappa shape index (κ3) is 5.81. The van der Waals surface area contributed by atoms with Gasteiger partial charge in [0.15, 0.2) is 12.4 Å². The van der Waals surface area contributed by atoms with Crippen LogP contribution < -0.4 is 9.64 Å². The van der Waals surface area contributed by atoms with E-state index in [9.17, 15) is 14.0 Å². The van der Waals surface area contributed by atoms with Crippen molar-refractivity contribution in [1.29, 1.82) is 0 Å². The van der Waals surface area contributed by atoms with Crippen molar-refractivity contribution < 1.29 is 18.7 Å². The molecular weight excluding hydrogens is 471 g/mol. The average molecular weight is 497 g/mol. The number of nitrogens with zero attached hydrogens (tertiary/aromatic N) is 4. The van der Waals surface area contributed by atoms with Crippen LogP contribution in [0.4, 0.5) is 10.2 Å². The highest BCUT2D eigenvalue weighted by molar-refractivity contribution is 6.09. The van der Waals surface area contributed by atoms with E-state index < -0.39 is 0 Å². The average Bonchev–Trinajstić information content (AvgIpc) is 2.97. The third-order valence-corrected chi connectivity index (χ3v) is 6.26. The van der Waals surface area contributed by atoms with Crippen LogP contribution in [-0.2, 0) is 4.79 Å². The van der Waals surface area contributed by atoms with Gasteiger partial charge in [0.25, 0.3) is 5.91 Å². The van der Waals surface area contributed by atoms with Crippen molar-refractivity contribution in [2.24, 2.45) is 0 Å². The number of anilines is 1. The Hall–Kier alpha value is -4.59. The second-order valence-corrected chi connectivity index (χ2v) is 8.64. The number of aromatic nitrogens is 2. The number of hydrogen-bond acceptors (Lipinski definition) is 6. The van der Waals surface area contributed by atoms with Crippen LogP contribution in [0.3, 0.4) is 0 Å². The lowest BCUT2D eigenvalue weighted by Gasteiger charge is -2.35. The first-order chi connectivity index (χ1) is 18.1. The maximum Gasteiger partial charge on any atom is 0.260 e. The normalized spacial score (nSPS) is 13.3. The summed E-state index contributed by atoms with van der Waals surface area (Å²) in [5.74, 6) is 0.847. The maximum absolute atomic E-state index is 13.2. The summed E-state index contributed by atoms with van der Waals surface area (Å²) in [6.45, 7) is 2.27. The fourth-order valence-corrected chi connectivity index (χ4v) is 4.18. The number of amides is 1. The molecule has 0 spiro atoms. The van der Waals surface area contributed by atoms with Gasteiger partial charge in [-0.15, -0.1) is 0 Å². The molecule has 1 amide bonds. The molecule has 1 aromatic heterocycles. The van der Waals surface area contributed by atoms with Gasteiger partial charge >= 0.3 is 0 Å². The summed E-state index contributed by atoms with van der Waals surface area (Å²) in [6, 6.07) is 24.0. The molecule has 0 N–H and O–H groups in total. The Labute approximate surface area is 214 Å². The van der Waals surface area contributed by atoms with Gasteiger partial charge in [0.05, 0.1) is 5.69 Å². The Morgan fingerprint density at radius 2 is 1.49 bits per heavy atom. The van der Waals surface area contributed by atoms with Crippen molar-refractivity contribution in [3.63, 3.8) is 0 Å². The van der Waals surface area contributed by atoms with Gasteiger partial charge < -0.3 is 14.5 Å². The number of rotatable bonds is 7. The molecule has 5 rings (SSSR count). The van der Waals surface area contributed by atoms with Gasteiger partial charge in [0, 0.05) is 48.9 Å². The van der Waals surface area contributed by atoms with Crippen molar-refractivity contribution in [1.82, 2.24) is 14.9 Å². The molecule has 37 heavy (non-hydrogen) atoms.